The minimum Gasteiger partial charge on any atom is -0.206 e. The summed E-state index contributed by atoms with van der Waals surface area (Å²) < 4.78 is 12.1. The molecule has 0 amide bonds. The van der Waals surface area contributed by atoms with Crippen LogP contribution in [0.5, 0.6) is 0 Å². The highest BCUT2D eigenvalue weighted by Crippen LogP contribution is 2.20. The van der Waals surface area contributed by atoms with Crippen LogP contribution in [0, 0.1) is 11.9 Å². The third-order valence-corrected chi connectivity index (χ3v) is 1.54. The Bertz CT molecular complexity index is 222. The van der Waals surface area contributed by atoms with Crippen molar-refractivity contribution < 1.29 is 4.39 Å². The van der Waals surface area contributed by atoms with E-state index in [0.29, 0.717) is 5.02 Å². The zero-order valence-corrected chi connectivity index (χ0v) is 5.80. The molecule has 1 aromatic rings. The standard InChI is InChI=1S/C6H2Cl2F/c7-5-2-1-4(9)3-6(5)8/h2-3H. The maximum atomic E-state index is 12.1. The molecule has 0 aromatic heterocycles. The fourth-order valence-corrected chi connectivity index (χ4v) is 0.683. The van der Waals surface area contributed by atoms with Gasteiger partial charge in [-0.3, -0.25) is 0 Å². The van der Waals surface area contributed by atoms with Gasteiger partial charge in [-0.2, -0.15) is 0 Å². The molecule has 0 aliphatic carbocycles. The van der Waals surface area contributed by atoms with Crippen LogP contribution in [-0.2, 0) is 0 Å². The third kappa shape index (κ3) is 1.57. The second-order valence-electron chi connectivity index (χ2n) is 1.48. The lowest BCUT2D eigenvalue weighted by Crippen LogP contribution is -1.72. The quantitative estimate of drug-likeness (QED) is 0.517. The zero-order valence-electron chi connectivity index (χ0n) is 4.29. The smallest absolute Gasteiger partial charge is 0.132 e. The van der Waals surface area contributed by atoms with Gasteiger partial charge in [0.1, 0.15) is 5.82 Å². The van der Waals surface area contributed by atoms with E-state index in [-0.39, 0.29) is 5.02 Å². The summed E-state index contributed by atoms with van der Waals surface area (Å²) in [7, 11) is 0. The lowest BCUT2D eigenvalue weighted by Gasteiger charge is -1.91. The van der Waals surface area contributed by atoms with Crippen LogP contribution in [0.3, 0.4) is 0 Å². The molecule has 3 heteroatoms. The normalized spacial score (nSPS) is 9.67. The minimum absolute atomic E-state index is 0.216. The molecule has 0 aliphatic heterocycles. The second-order valence-corrected chi connectivity index (χ2v) is 2.29. The van der Waals surface area contributed by atoms with Crippen LogP contribution in [0.25, 0.3) is 0 Å². The lowest BCUT2D eigenvalue weighted by molar-refractivity contribution is 0.625. The summed E-state index contributed by atoms with van der Waals surface area (Å²) in [6.45, 7) is 0. The summed E-state index contributed by atoms with van der Waals surface area (Å²) in [4.78, 5) is 0. The molecule has 0 N–H and O–H groups in total. The Balaban J connectivity index is 3.17. The Morgan fingerprint density at radius 3 is 2.44 bits per heavy atom. The van der Waals surface area contributed by atoms with Gasteiger partial charge in [0, 0.05) is 6.07 Å². The van der Waals surface area contributed by atoms with Gasteiger partial charge in [0.15, 0.2) is 0 Å². The number of halogens is 3. The van der Waals surface area contributed by atoms with Gasteiger partial charge in [-0.15, -0.1) is 0 Å². The van der Waals surface area contributed by atoms with Crippen molar-refractivity contribution in [1.82, 2.24) is 0 Å². The van der Waals surface area contributed by atoms with Gasteiger partial charge >= 0.3 is 0 Å². The van der Waals surface area contributed by atoms with Gasteiger partial charge in [-0.1, -0.05) is 23.2 Å². The summed E-state index contributed by atoms with van der Waals surface area (Å²) >= 11 is 10.9. The number of benzene rings is 1. The van der Waals surface area contributed by atoms with E-state index in [1.807, 2.05) is 0 Å². The molecule has 0 aliphatic rings. The Hall–Kier alpha value is -0.270. The van der Waals surface area contributed by atoms with Gasteiger partial charge in [-0.25, -0.2) is 4.39 Å². The first-order valence-electron chi connectivity index (χ1n) is 2.22. The molecule has 47 valence electrons. The van der Waals surface area contributed by atoms with Gasteiger partial charge in [0.05, 0.1) is 10.0 Å². The summed E-state index contributed by atoms with van der Waals surface area (Å²) in [5, 5.41) is 0.533. The molecule has 0 heterocycles. The summed E-state index contributed by atoms with van der Waals surface area (Å²) in [6.07, 6.45) is 0. The molecule has 1 aromatic carbocycles. The first kappa shape index (κ1) is 6.84. The Morgan fingerprint density at radius 2 is 2.00 bits per heavy atom. The molecular weight excluding hydrogens is 162 g/mol. The Labute approximate surface area is 62.2 Å². The zero-order chi connectivity index (χ0) is 6.85. The van der Waals surface area contributed by atoms with Crippen LogP contribution in [0.2, 0.25) is 10.0 Å². The second kappa shape index (κ2) is 2.54. The number of hydrogen-bond acceptors (Lipinski definition) is 0. The van der Waals surface area contributed by atoms with Crippen LogP contribution in [-0.4, -0.2) is 0 Å². The summed E-state index contributed by atoms with van der Waals surface area (Å²) in [6, 6.07) is 4.66. The van der Waals surface area contributed by atoms with E-state index in [4.69, 9.17) is 23.2 Å². The number of rotatable bonds is 0. The largest absolute Gasteiger partial charge is 0.206 e. The van der Waals surface area contributed by atoms with E-state index in [1.54, 1.807) is 0 Å². The summed E-state index contributed by atoms with van der Waals surface area (Å²) in [5.74, 6) is -0.496. The fraction of sp³-hybridized carbons (Fsp3) is 0. The fourth-order valence-electron chi connectivity index (χ4n) is 0.423. The van der Waals surface area contributed by atoms with Gasteiger partial charge in [0.25, 0.3) is 0 Å². The lowest BCUT2D eigenvalue weighted by atomic mass is 10.3. The molecule has 9 heavy (non-hydrogen) atoms. The van der Waals surface area contributed by atoms with Crippen LogP contribution in [0.1, 0.15) is 0 Å². The van der Waals surface area contributed by atoms with Crippen molar-refractivity contribution >= 4 is 23.2 Å². The highest BCUT2D eigenvalue weighted by Gasteiger charge is 1.96. The van der Waals surface area contributed by atoms with E-state index in [1.165, 1.54) is 6.07 Å². The molecule has 0 atom stereocenters. The average Bonchev–Trinajstić information content (AvgIpc) is 1.80. The predicted octanol–water partition coefficient (Wildman–Crippen LogP) is 2.93. The van der Waals surface area contributed by atoms with Crippen molar-refractivity contribution in [1.29, 1.82) is 0 Å². The SMILES string of the molecule is Fc1[c]cc(Cl)c(Cl)c1. The molecule has 0 unspecified atom stereocenters. The molecule has 1 radical (unpaired) electrons. The number of hydrogen-bond donors (Lipinski definition) is 0. The molecule has 0 nitrogen and oxygen atoms in total. The van der Waals surface area contributed by atoms with Gasteiger partial charge < -0.3 is 0 Å². The minimum atomic E-state index is -0.496. The van der Waals surface area contributed by atoms with Crippen LogP contribution < -0.4 is 0 Å². The van der Waals surface area contributed by atoms with Crippen molar-refractivity contribution in [2.45, 2.75) is 0 Å². The van der Waals surface area contributed by atoms with Gasteiger partial charge in [-0.05, 0) is 12.1 Å². The maximum absolute atomic E-state index is 12.1. The average molecular weight is 164 g/mol. The van der Waals surface area contributed by atoms with Crippen molar-refractivity contribution in [2.24, 2.45) is 0 Å². The first-order valence-corrected chi connectivity index (χ1v) is 2.98. The van der Waals surface area contributed by atoms with Crippen molar-refractivity contribution in [3.8, 4) is 0 Å². The molecule has 0 saturated heterocycles. The molecule has 1 rings (SSSR count). The topological polar surface area (TPSA) is 0 Å². The van der Waals surface area contributed by atoms with Crippen LogP contribution >= 0.6 is 23.2 Å². The Morgan fingerprint density at radius 1 is 1.33 bits per heavy atom. The van der Waals surface area contributed by atoms with Crippen molar-refractivity contribution in [3.63, 3.8) is 0 Å². The van der Waals surface area contributed by atoms with Crippen molar-refractivity contribution in [2.75, 3.05) is 0 Å². The Kier molecular flexibility index (Phi) is 1.94. The molecule has 0 fully saturated rings. The molecule has 0 saturated carbocycles. The van der Waals surface area contributed by atoms with Crippen LogP contribution in [0.15, 0.2) is 12.1 Å². The molecular formula is C6H2Cl2F. The third-order valence-electron chi connectivity index (χ3n) is 0.818. The molecule has 0 spiro atoms. The van der Waals surface area contributed by atoms with E-state index in [0.717, 1.165) is 6.07 Å². The van der Waals surface area contributed by atoms with Crippen LogP contribution in [0.4, 0.5) is 4.39 Å². The monoisotopic (exact) mass is 163 g/mol. The van der Waals surface area contributed by atoms with E-state index in [9.17, 15) is 4.39 Å². The summed E-state index contributed by atoms with van der Waals surface area (Å²) in [5.41, 5.74) is 0. The maximum Gasteiger partial charge on any atom is 0.132 e. The van der Waals surface area contributed by atoms with E-state index >= 15 is 0 Å². The van der Waals surface area contributed by atoms with E-state index < -0.39 is 5.82 Å². The highest BCUT2D eigenvalue weighted by atomic mass is 35.5. The molecule has 0 bridgehead atoms. The van der Waals surface area contributed by atoms with Crippen molar-refractivity contribution in [3.05, 3.63) is 34.1 Å². The van der Waals surface area contributed by atoms with E-state index in [2.05, 4.69) is 6.07 Å². The van der Waals surface area contributed by atoms with Gasteiger partial charge in [0.2, 0.25) is 0 Å². The first-order chi connectivity index (χ1) is 4.20. The highest BCUT2D eigenvalue weighted by molar-refractivity contribution is 6.41. The predicted molar refractivity (Wildman–Crippen MR) is 35.3 cm³/mol.